The van der Waals surface area contributed by atoms with Crippen LogP contribution in [0.4, 0.5) is 5.69 Å². The summed E-state index contributed by atoms with van der Waals surface area (Å²) in [6, 6.07) is 12.6. The summed E-state index contributed by atoms with van der Waals surface area (Å²) in [5, 5.41) is 2.91. The van der Waals surface area contributed by atoms with E-state index in [2.05, 4.69) is 21.2 Å². The van der Waals surface area contributed by atoms with Gasteiger partial charge in [-0.1, -0.05) is 28.1 Å². The molecule has 1 heterocycles. The van der Waals surface area contributed by atoms with E-state index in [9.17, 15) is 13.2 Å². The lowest BCUT2D eigenvalue weighted by atomic mass is 9.97. The summed E-state index contributed by atoms with van der Waals surface area (Å²) in [6.45, 7) is 4.58. The highest BCUT2D eigenvalue weighted by molar-refractivity contribution is 9.10. The second-order valence-electron chi connectivity index (χ2n) is 6.92. The average Bonchev–Trinajstić information content (AvgIpc) is 2.64. The lowest BCUT2D eigenvalue weighted by molar-refractivity contribution is -0.120. The molecule has 0 bridgehead atoms. The molecule has 1 aliphatic rings. The van der Waals surface area contributed by atoms with Gasteiger partial charge in [-0.3, -0.25) is 4.79 Å². The molecule has 5 nitrogen and oxygen atoms in total. The molecule has 1 saturated heterocycles. The Bertz CT molecular complexity index is 951. The minimum Gasteiger partial charge on any atom is -0.326 e. The predicted molar refractivity (Wildman–Crippen MR) is 110 cm³/mol. The number of nitrogens with one attached hydrogen (secondary N) is 1. The molecule has 1 fully saturated rings. The van der Waals surface area contributed by atoms with Crippen LogP contribution in [0.2, 0.25) is 0 Å². The minimum atomic E-state index is -3.52. The van der Waals surface area contributed by atoms with Crippen molar-refractivity contribution >= 4 is 37.5 Å². The van der Waals surface area contributed by atoms with E-state index in [1.807, 2.05) is 44.2 Å². The fraction of sp³-hybridized carbons (Fsp3) is 0.350. The maximum absolute atomic E-state index is 12.9. The van der Waals surface area contributed by atoms with Crippen LogP contribution >= 0.6 is 15.9 Å². The third-order valence-electron chi connectivity index (χ3n) is 5.03. The lowest BCUT2D eigenvalue weighted by Gasteiger charge is -2.30. The first-order valence-corrected chi connectivity index (χ1v) is 11.1. The summed E-state index contributed by atoms with van der Waals surface area (Å²) in [5.74, 6) is -0.244. The first-order chi connectivity index (χ1) is 12.8. The summed E-state index contributed by atoms with van der Waals surface area (Å²) < 4.78 is 28.1. The van der Waals surface area contributed by atoms with E-state index >= 15 is 0 Å². The zero-order valence-electron chi connectivity index (χ0n) is 15.4. The number of rotatable bonds is 4. The van der Waals surface area contributed by atoms with Gasteiger partial charge >= 0.3 is 0 Å². The van der Waals surface area contributed by atoms with Crippen LogP contribution in [0.5, 0.6) is 0 Å². The molecule has 0 aromatic heterocycles. The summed E-state index contributed by atoms with van der Waals surface area (Å²) >= 11 is 3.38. The smallest absolute Gasteiger partial charge is 0.243 e. The molecule has 144 valence electrons. The van der Waals surface area contributed by atoms with Crippen LogP contribution in [-0.4, -0.2) is 31.7 Å². The summed E-state index contributed by atoms with van der Waals surface area (Å²) in [6.07, 6.45) is 1.04. The van der Waals surface area contributed by atoms with Gasteiger partial charge in [0.05, 0.1) is 4.90 Å². The predicted octanol–water partition coefficient (Wildman–Crippen LogP) is 4.11. The largest absolute Gasteiger partial charge is 0.326 e. The van der Waals surface area contributed by atoms with Crippen LogP contribution in [0.15, 0.2) is 51.8 Å². The second-order valence-corrected chi connectivity index (χ2v) is 9.78. The molecular weight excluding hydrogens is 428 g/mol. The molecule has 0 radical (unpaired) electrons. The molecule has 2 aromatic rings. The molecule has 3 rings (SSSR count). The number of nitrogens with zero attached hydrogens (tertiary/aromatic N) is 1. The van der Waals surface area contributed by atoms with Crippen molar-refractivity contribution in [3.05, 3.63) is 58.1 Å². The van der Waals surface area contributed by atoms with Gasteiger partial charge in [0.1, 0.15) is 0 Å². The Balaban J connectivity index is 1.64. The van der Waals surface area contributed by atoms with Crippen molar-refractivity contribution in [2.24, 2.45) is 5.92 Å². The Morgan fingerprint density at radius 2 is 1.78 bits per heavy atom. The van der Waals surface area contributed by atoms with Crippen LogP contribution in [-0.2, 0) is 14.8 Å². The van der Waals surface area contributed by atoms with Crippen LogP contribution in [0, 0.1) is 19.8 Å². The van der Waals surface area contributed by atoms with E-state index in [0.29, 0.717) is 30.8 Å². The number of halogens is 1. The van der Waals surface area contributed by atoms with E-state index in [1.165, 1.54) is 4.31 Å². The molecule has 0 aliphatic carbocycles. The summed E-state index contributed by atoms with van der Waals surface area (Å²) in [4.78, 5) is 12.8. The molecular formula is C20H23BrN2O3S. The first kappa shape index (κ1) is 20.0. The van der Waals surface area contributed by atoms with Gasteiger partial charge in [0, 0.05) is 29.2 Å². The zero-order chi connectivity index (χ0) is 19.6. The topological polar surface area (TPSA) is 66.5 Å². The molecule has 27 heavy (non-hydrogen) atoms. The van der Waals surface area contributed by atoms with Crippen LogP contribution in [0.25, 0.3) is 0 Å². The molecule has 1 N–H and O–H groups in total. The highest BCUT2D eigenvalue weighted by Crippen LogP contribution is 2.26. The lowest BCUT2D eigenvalue weighted by Crippen LogP contribution is -2.41. The van der Waals surface area contributed by atoms with E-state index in [1.54, 1.807) is 12.1 Å². The van der Waals surface area contributed by atoms with Gasteiger partial charge in [-0.2, -0.15) is 4.31 Å². The van der Waals surface area contributed by atoms with Crippen molar-refractivity contribution < 1.29 is 13.2 Å². The molecule has 0 saturated carbocycles. The number of aryl methyl sites for hydroxylation is 2. The second kappa shape index (κ2) is 8.12. The Morgan fingerprint density at radius 1 is 1.07 bits per heavy atom. The molecule has 1 amide bonds. The van der Waals surface area contributed by atoms with E-state index in [0.717, 1.165) is 21.3 Å². The molecule has 0 spiro atoms. The Morgan fingerprint density at radius 3 is 2.41 bits per heavy atom. The Kier molecular flexibility index (Phi) is 6.03. The zero-order valence-corrected chi connectivity index (χ0v) is 17.8. The normalized spacial score (nSPS) is 16.3. The quantitative estimate of drug-likeness (QED) is 0.761. The van der Waals surface area contributed by atoms with Crippen molar-refractivity contribution in [2.45, 2.75) is 31.6 Å². The number of anilines is 1. The van der Waals surface area contributed by atoms with Crippen molar-refractivity contribution in [3.63, 3.8) is 0 Å². The SMILES string of the molecule is Cc1ccc(S(=O)(=O)N2CCC(C(=O)Nc3cccc(Br)c3)CC2)cc1C. The average molecular weight is 451 g/mol. The van der Waals surface area contributed by atoms with Crippen molar-refractivity contribution in [1.29, 1.82) is 0 Å². The first-order valence-electron chi connectivity index (χ1n) is 8.91. The fourth-order valence-electron chi connectivity index (χ4n) is 3.19. The van der Waals surface area contributed by atoms with Crippen molar-refractivity contribution in [2.75, 3.05) is 18.4 Å². The van der Waals surface area contributed by atoms with Crippen LogP contribution in [0.3, 0.4) is 0 Å². The minimum absolute atomic E-state index is 0.0590. The Labute approximate surface area is 169 Å². The van der Waals surface area contributed by atoms with Gasteiger partial charge < -0.3 is 5.32 Å². The molecule has 1 aliphatic heterocycles. The number of carbonyl (C=O) groups excluding carboxylic acids is 1. The Hall–Kier alpha value is -1.70. The standard InChI is InChI=1S/C20H23BrN2O3S/c1-14-6-7-19(12-15(14)2)27(25,26)23-10-8-16(9-11-23)20(24)22-18-5-3-4-17(21)13-18/h3-7,12-13,16H,8-11H2,1-2H3,(H,22,24). The maximum Gasteiger partial charge on any atom is 0.243 e. The molecule has 0 atom stereocenters. The third-order valence-corrected chi connectivity index (χ3v) is 7.42. The number of benzene rings is 2. The molecule has 7 heteroatoms. The number of hydrogen-bond acceptors (Lipinski definition) is 3. The van der Waals surface area contributed by atoms with Crippen molar-refractivity contribution in [1.82, 2.24) is 4.31 Å². The van der Waals surface area contributed by atoms with Gasteiger partial charge in [0.2, 0.25) is 15.9 Å². The highest BCUT2D eigenvalue weighted by Gasteiger charge is 2.32. The van der Waals surface area contributed by atoms with Gasteiger partial charge in [-0.25, -0.2) is 8.42 Å². The summed E-state index contributed by atoms with van der Waals surface area (Å²) in [7, 11) is -3.52. The van der Waals surface area contributed by atoms with Gasteiger partial charge in [0.25, 0.3) is 0 Å². The van der Waals surface area contributed by atoms with Gasteiger partial charge in [-0.15, -0.1) is 0 Å². The van der Waals surface area contributed by atoms with E-state index in [4.69, 9.17) is 0 Å². The van der Waals surface area contributed by atoms with Crippen LogP contribution < -0.4 is 5.32 Å². The number of carbonyl (C=O) groups is 1. The van der Waals surface area contributed by atoms with E-state index in [-0.39, 0.29) is 11.8 Å². The molecule has 2 aromatic carbocycles. The van der Waals surface area contributed by atoms with Gasteiger partial charge in [0.15, 0.2) is 0 Å². The van der Waals surface area contributed by atoms with Crippen molar-refractivity contribution in [3.8, 4) is 0 Å². The molecule has 0 unspecified atom stereocenters. The number of piperidine rings is 1. The monoisotopic (exact) mass is 450 g/mol. The van der Waals surface area contributed by atoms with Gasteiger partial charge in [-0.05, 0) is 68.1 Å². The highest BCUT2D eigenvalue weighted by atomic mass is 79.9. The number of amides is 1. The number of sulfonamides is 1. The number of hydrogen-bond donors (Lipinski definition) is 1. The fourth-order valence-corrected chi connectivity index (χ4v) is 5.15. The van der Waals surface area contributed by atoms with E-state index < -0.39 is 10.0 Å². The van der Waals surface area contributed by atoms with Crippen LogP contribution in [0.1, 0.15) is 24.0 Å². The summed E-state index contributed by atoms with van der Waals surface area (Å²) in [5.41, 5.74) is 2.76. The third kappa shape index (κ3) is 4.59. The maximum atomic E-state index is 12.9.